The number of rotatable bonds is 4. The number of hydrogen-bond donors (Lipinski definition) is 3. The highest BCUT2D eigenvalue weighted by Crippen LogP contribution is 2.31. The highest BCUT2D eigenvalue weighted by Gasteiger charge is 2.34. The van der Waals surface area contributed by atoms with E-state index in [2.05, 4.69) is 20.4 Å². The molecule has 0 radical (unpaired) electrons. The zero-order chi connectivity index (χ0) is 18.5. The minimum absolute atomic E-state index is 0.0992. The van der Waals surface area contributed by atoms with Crippen molar-refractivity contribution in [2.75, 3.05) is 33.3 Å². The van der Waals surface area contributed by atoms with E-state index < -0.39 is 0 Å². The molecule has 26 heavy (non-hydrogen) atoms. The fourth-order valence-corrected chi connectivity index (χ4v) is 3.93. The van der Waals surface area contributed by atoms with E-state index in [1.165, 1.54) is 25.9 Å². The molecule has 0 spiro atoms. The van der Waals surface area contributed by atoms with E-state index in [1.54, 1.807) is 7.11 Å². The molecule has 3 saturated heterocycles. The number of nitrogens with one attached hydrogen (secondary N) is 2. The number of fused-ring (bicyclic) bond motifs is 4. The van der Waals surface area contributed by atoms with Crippen LogP contribution in [-0.2, 0) is 4.79 Å². The van der Waals surface area contributed by atoms with Crippen LogP contribution in [0.3, 0.4) is 0 Å². The fourth-order valence-electron chi connectivity index (χ4n) is 3.93. The first-order valence-corrected chi connectivity index (χ1v) is 8.76. The van der Waals surface area contributed by atoms with Crippen LogP contribution in [0.5, 0.6) is 5.75 Å². The number of piperidine rings is 3. The van der Waals surface area contributed by atoms with Crippen molar-refractivity contribution in [3.8, 4) is 5.75 Å². The molecular formula is C18H24N4O4. The summed E-state index contributed by atoms with van der Waals surface area (Å²) in [7, 11) is 1.62. The molecule has 8 heteroatoms. The highest BCUT2D eigenvalue weighted by molar-refractivity contribution is 6.04. The van der Waals surface area contributed by atoms with Crippen molar-refractivity contribution in [2.24, 2.45) is 11.8 Å². The van der Waals surface area contributed by atoms with E-state index in [0.29, 0.717) is 11.6 Å². The number of carboxylic acid groups (broad SMARTS) is 1. The van der Waals surface area contributed by atoms with Crippen LogP contribution in [0.25, 0.3) is 10.9 Å². The van der Waals surface area contributed by atoms with Gasteiger partial charge in [0, 0.05) is 24.5 Å². The van der Waals surface area contributed by atoms with Gasteiger partial charge in [-0.05, 0) is 49.9 Å². The van der Waals surface area contributed by atoms with Crippen LogP contribution < -0.4 is 10.1 Å². The molecule has 3 N–H and O–H groups in total. The van der Waals surface area contributed by atoms with Crippen LogP contribution in [0.1, 0.15) is 23.3 Å². The third-order valence-corrected chi connectivity index (χ3v) is 5.30. The summed E-state index contributed by atoms with van der Waals surface area (Å²) in [6.07, 6.45) is 2.54. The number of H-pyrrole nitrogens is 1. The molecule has 3 aliphatic heterocycles. The second kappa shape index (κ2) is 8.18. The van der Waals surface area contributed by atoms with Gasteiger partial charge in [0.1, 0.15) is 5.75 Å². The van der Waals surface area contributed by atoms with E-state index in [0.717, 1.165) is 35.7 Å². The Labute approximate surface area is 151 Å². The molecule has 1 unspecified atom stereocenters. The summed E-state index contributed by atoms with van der Waals surface area (Å²) in [5, 5.41) is 17.9. The summed E-state index contributed by atoms with van der Waals surface area (Å²) in [6, 6.07) is 5.58. The number of hydrogen-bond acceptors (Lipinski definition) is 5. The first-order valence-electron chi connectivity index (χ1n) is 8.76. The van der Waals surface area contributed by atoms with Gasteiger partial charge in [-0.25, -0.2) is 0 Å². The number of carbonyl (C=O) groups excluding carboxylic acids is 1. The Morgan fingerprint density at radius 1 is 1.46 bits per heavy atom. The van der Waals surface area contributed by atoms with Crippen molar-refractivity contribution in [1.29, 1.82) is 0 Å². The van der Waals surface area contributed by atoms with Gasteiger partial charge in [-0.15, -0.1) is 0 Å². The Kier molecular flexibility index (Phi) is 5.72. The lowest BCUT2D eigenvalue weighted by molar-refractivity contribution is -0.122. The summed E-state index contributed by atoms with van der Waals surface area (Å²) in [4.78, 5) is 23.4. The van der Waals surface area contributed by atoms with Gasteiger partial charge in [-0.2, -0.15) is 5.10 Å². The van der Waals surface area contributed by atoms with Gasteiger partial charge in [0.2, 0.25) is 0 Å². The van der Waals surface area contributed by atoms with Crippen molar-refractivity contribution in [3.05, 3.63) is 23.9 Å². The van der Waals surface area contributed by atoms with Gasteiger partial charge in [0.15, 0.2) is 5.69 Å². The number of aromatic amines is 1. The molecule has 1 aromatic heterocycles. The molecule has 140 valence electrons. The molecule has 5 rings (SSSR count). The average molecular weight is 360 g/mol. The quantitative estimate of drug-likeness (QED) is 0.710. The lowest BCUT2D eigenvalue weighted by atomic mass is 9.79. The molecule has 3 fully saturated rings. The number of benzene rings is 1. The molecule has 1 amide bonds. The summed E-state index contributed by atoms with van der Waals surface area (Å²) in [5.41, 5.74) is 1.28. The maximum Gasteiger partial charge on any atom is 0.290 e. The standard InChI is InChI=1S/C17H22N4O2.CH2O2/c1-23-13-2-3-14-15(8-13)19-20-16(14)17(22)18-9-12-10-21-6-4-11(12)5-7-21;2-1-3/h2-3,8,11-12H,4-7,9-10H2,1H3,(H,18,22)(H,19,20);1H,(H,2,3). The lowest BCUT2D eigenvalue weighted by Gasteiger charge is -2.44. The molecule has 2 aromatic rings. The summed E-state index contributed by atoms with van der Waals surface area (Å²) < 4.78 is 5.19. The van der Waals surface area contributed by atoms with Crippen LogP contribution in [0.4, 0.5) is 0 Å². The maximum absolute atomic E-state index is 12.5. The van der Waals surface area contributed by atoms with Gasteiger partial charge < -0.3 is 20.1 Å². The van der Waals surface area contributed by atoms with Gasteiger partial charge in [0.05, 0.1) is 12.6 Å². The van der Waals surface area contributed by atoms with Crippen LogP contribution in [0.2, 0.25) is 0 Å². The number of ether oxygens (including phenoxy) is 1. The molecule has 2 bridgehead atoms. The van der Waals surface area contributed by atoms with E-state index in [-0.39, 0.29) is 12.4 Å². The summed E-state index contributed by atoms with van der Waals surface area (Å²) >= 11 is 0. The van der Waals surface area contributed by atoms with E-state index in [9.17, 15) is 4.79 Å². The van der Waals surface area contributed by atoms with Crippen molar-refractivity contribution in [2.45, 2.75) is 12.8 Å². The zero-order valence-electron chi connectivity index (χ0n) is 14.8. The average Bonchev–Trinajstić information content (AvgIpc) is 3.11. The summed E-state index contributed by atoms with van der Waals surface area (Å²) in [6.45, 7) is 4.05. The molecule has 0 saturated carbocycles. The fraction of sp³-hybridized carbons (Fsp3) is 0.500. The highest BCUT2D eigenvalue weighted by atomic mass is 16.5. The van der Waals surface area contributed by atoms with Gasteiger partial charge in [0.25, 0.3) is 12.4 Å². The van der Waals surface area contributed by atoms with Crippen molar-refractivity contribution >= 4 is 23.3 Å². The van der Waals surface area contributed by atoms with E-state index >= 15 is 0 Å². The SMILES string of the molecule is COc1ccc2c(C(=O)NCC3CN4CCC3CC4)n[nH]c2c1.O=CO. The largest absolute Gasteiger partial charge is 0.497 e. The Morgan fingerprint density at radius 2 is 2.19 bits per heavy atom. The Morgan fingerprint density at radius 3 is 2.81 bits per heavy atom. The zero-order valence-corrected chi connectivity index (χ0v) is 14.8. The van der Waals surface area contributed by atoms with Crippen LogP contribution in [0.15, 0.2) is 18.2 Å². The Balaban J connectivity index is 0.000000613. The molecule has 4 heterocycles. The first kappa shape index (κ1) is 18.2. The normalized spacial score (nSPS) is 23.8. The van der Waals surface area contributed by atoms with Crippen LogP contribution in [0, 0.1) is 11.8 Å². The second-order valence-electron chi connectivity index (χ2n) is 6.70. The Hall–Kier alpha value is -2.61. The minimum Gasteiger partial charge on any atom is -0.497 e. The predicted octanol–water partition coefficient (Wildman–Crippen LogP) is 1.34. The van der Waals surface area contributed by atoms with Gasteiger partial charge in [-0.3, -0.25) is 14.7 Å². The number of nitrogens with zero attached hydrogens (tertiary/aromatic N) is 2. The number of aromatic nitrogens is 2. The third-order valence-electron chi connectivity index (χ3n) is 5.30. The molecule has 1 atom stereocenters. The van der Waals surface area contributed by atoms with Crippen molar-refractivity contribution in [1.82, 2.24) is 20.4 Å². The number of amides is 1. The number of carbonyl (C=O) groups is 2. The lowest BCUT2D eigenvalue weighted by Crippen LogP contribution is -2.50. The second-order valence-corrected chi connectivity index (χ2v) is 6.70. The van der Waals surface area contributed by atoms with Crippen molar-refractivity contribution in [3.63, 3.8) is 0 Å². The van der Waals surface area contributed by atoms with Crippen LogP contribution >= 0.6 is 0 Å². The Bertz CT molecular complexity index is 768. The number of methoxy groups -OCH3 is 1. The predicted molar refractivity (Wildman–Crippen MR) is 96.3 cm³/mol. The van der Waals surface area contributed by atoms with E-state index in [4.69, 9.17) is 14.6 Å². The smallest absolute Gasteiger partial charge is 0.290 e. The molecule has 8 nitrogen and oxygen atoms in total. The van der Waals surface area contributed by atoms with Crippen LogP contribution in [-0.4, -0.2) is 65.9 Å². The monoisotopic (exact) mass is 360 g/mol. The van der Waals surface area contributed by atoms with Crippen molar-refractivity contribution < 1.29 is 19.4 Å². The van der Waals surface area contributed by atoms with Gasteiger partial charge >= 0.3 is 0 Å². The minimum atomic E-state index is -0.250. The van der Waals surface area contributed by atoms with E-state index in [1.807, 2.05) is 18.2 Å². The molecule has 3 aliphatic rings. The third kappa shape index (κ3) is 3.80. The first-order chi connectivity index (χ1) is 12.7. The van der Waals surface area contributed by atoms with Gasteiger partial charge in [-0.1, -0.05) is 0 Å². The molecular weight excluding hydrogens is 336 g/mol. The molecule has 0 aliphatic carbocycles. The summed E-state index contributed by atoms with van der Waals surface area (Å²) in [5.74, 6) is 1.99. The molecule has 1 aromatic carbocycles. The maximum atomic E-state index is 12.5. The topological polar surface area (TPSA) is 108 Å².